The highest BCUT2D eigenvalue weighted by Gasteiger charge is 2.03. The van der Waals surface area contributed by atoms with Crippen molar-refractivity contribution < 1.29 is 4.39 Å². The first kappa shape index (κ1) is 10.4. The second-order valence-corrected chi connectivity index (χ2v) is 3.81. The molecule has 0 amide bonds. The molecule has 2 rings (SSSR count). The van der Waals surface area contributed by atoms with E-state index in [1.807, 2.05) is 0 Å². The van der Waals surface area contributed by atoms with Gasteiger partial charge >= 0.3 is 0 Å². The van der Waals surface area contributed by atoms with Crippen molar-refractivity contribution >= 4 is 23.2 Å². The number of hydrogen-bond donors (Lipinski definition) is 0. The van der Waals surface area contributed by atoms with Crippen LogP contribution in [0.1, 0.15) is 0 Å². The van der Waals surface area contributed by atoms with Gasteiger partial charge in [0.15, 0.2) is 0 Å². The van der Waals surface area contributed by atoms with Gasteiger partial charge in [-0.05, 0) is 29.3 Å². The fourth-order valence-corrected chi connectivity index (χ4v) is 1.56. The Hall–Kier alpha value is -1.12. The molecule has 0 aliphatic heterocycles. The normalized spacial score (nSPS) is 10.3. The van der Waals surface area contributed by atoms with Gasteiger partial charge in [0, 0.05) is 12.3 Å². The first-order valence-corrected chi connectivity index (χ1v) is 4.99. The minimum Gasteiger partial charge on any atom is -0.228 e. The van der Waals surface area contributed by atoms with Gasteiger partial charge in [0.05, 0.1) is 10.0 Å². The molecule has 0 saturated carbocycles. The third-order valence-corrected chi connectivity index (χ3v) is 2.72. The van der Waals surface area contributed by atoms with Crippen LogP contribution in [0.5, 0.6) is 0 Å². The highest BCUT2D eigenvalue weighted by Crippen LogP contribution is 2.28. The fraction of sp³-hybridized carbons (Fsp3) is 0. The van der Waals surface area contributed by atoms with E-state index in [0.29, 0.717) is 10.0 Å². The summed E-state index contributed by atoms with van der Waals surface area (Å²) in [6, 6.07) is 8.21. The predicted octanol–water partition coefficient (Wildman–Crippen LogP) is 4.19. The smallest absolute Gasteiger partial charge is 0.213 e. The molecule has 2 aromatic rings. The topological polar surface area (TPSA) is 12.9 Å². The van der Waals surface area contributed by atoms with Gasteiger partial charge < -0.3 is 0 Å². The number of pyridine rings is 1. The Morgan fingerprint density at radius 1 is 0.933 bits per heavy atom. The molecule has 1 nitrogen and oxygen atoms in total. The van der Waals surface area contributed by atoms with E-state index in [9.17, 15) is 4.39 Å². The lowest BCUT2D eigenvalue weighted by Gasteiger charge is -2.02. The maximum atomic E-state index is 12.9. The molecule has 1 aromatic heterocycles. The summed E-state index contributed by atoms with van der Waals surface area (Å²) in [5.74, 6) is -0.515. The molecule has 1 heterocycles. The fourth-order valence-electron chi connectivity index (χ4n) is 1.26. The Morgan fingerprint density at radius 2 is 1.67 bits per heavy atom. The number of hydrogen-bond acceptors (Lipinski definition) is 1. The molecule has 0 fully saturated rings. The van der Waals surface area contributed by atoms with Crippen molar-refractivity contribution in [1.82, 2.24) is 4.98 Å². The van der Waals surface area contributed by atoms with E-state index < -0.39 is 5.95 Å². The molecule has 0 aliphatic carbocycles. The van der Waals surface area contributed by atoms with Gasteiger partial charge in [0.25, 0.3) is 0 Å². The van der Waals surface area contributed by atoms with Crippen molar-refractivity contribution in [3.8, 4) is 11.1 Å². The van der Waals surface area contributed by atoms with E-state index in [1.165, 1.54) is 12.3 Å². The van der Waals surface area contributed by atoms with Crippen LogP contribution in [0.25, 0.3) is 11.1 Å². The lowest BCUT2D eigenvalue weighted by molar-refractivity contribution is 0.584. The zero-order valence-electron chi connectivity index (χ0n) is 7.55. The van der Waals surface area contributed by atoms with Crippen LogP contribution < -0.4 is 0 Å². The predicted molar refractivity (Wildman–Crippen MR) is 59.7 cm³/mol. The molecule has 0 spiro atoms. The summed E-state index contributed by atoms with van der Waals surface area (Å²) in [7, 11) is 0. The highest BCUT2D eigenvalue weighted by molar-refractivity contribution is 6.42. The van der Waals surface area contributed by atoms with Gasteiger partial charge in [-0.3, -0.25) is 0 Å². The summed E-state index contributed by atoms with van der Waals surface area (Å²) in [5.41, 5.74) is 1.53. The van der Waals surface area contributed by atoms with Crippen molar-refractivity contribution in [2.24, 2.45) is 0 Å². The molecule has 0 unspecified atom stereocenters. The van der Waals surface area contributed by atoms with Gasteiger partial charge in [-0.15, -0.1) is 0 Å². The molecule has 0 radical (unpaired) electrons. The summed E-state index contributed by atoms with van der Waals surface area (Å²) in [6.45, 7) is 0. The van der Waals surface area contributed by atoms with Crippen molar-refractivity contribution in [2.45, 2.75) is 0 Å². The van der Waals surface area contributed by atoms with Crippen LogP contribution in [0.4, 0.5) is 4.39 Å². The molecule has 0 saturated heterocycles. The van der Waals surface area contributed by atoms with Crippen LogP contribution in [0.3, 0.4) is 0 Å². The van der Waals surface area contributed by atoms with Gasteiger partial charge in [-0.2, -0.15) is 4.39 Å². The van der Waals surface area contributed by atoms with Crippen LogP contribution in [0.15, 0.2) is 36.5 Å². The quantitative estimate of drug-likeness (QED) is 0.683. The Labute approximate surface area is 96.5 Å². The van der Waals surface area contributed by atoms with Crippen molar-refractivity contribution in [1.29, 1.82) is 0 Å². The van der Waals surface area contributed by atoms with E-state index in [0.717, 1.165) is 11.1 Å². The third kappa shape index (κ3) is 2.28. The van der Waals surface area contributed by atoms with Crippen LogP contribution >= 0.6 is 23.2 Å². The zero-order valence-corrected chi connectivity index (χ0v) is 9.06. The molecule has 1 aromatic carbocycles. The lowest BCUT2D eigenvalue weighted by Crippen LogP contribution is -1.83. The second-order valence-electron chi connectivity index (χ2n) is 3.00. The molecule has 0 N–H and O–H groups in total. The van der Waals surface area contributed by atoms with Gasteiger partial charge in [0.2, 0.25) is 5.95 Å². The van der Waals surface area contributed by atoms with Crippen LogP contribution in [0, 0.1) is 5.95 Å². The third-order valence-electron chi connectivity index (χ3n) is 1.98. The first-order valence-electron chi connectivity index (χ1n) is 4.24. The van der Waals surface area contributed by atoms with Crippen LogP contribution in [0.2, 0.25) is 10.0 Å². The molecular weight excluding hydrogens is 236 g/mol. The van der Waals surface area contributed by atoms with Crippen molar-refractivity contribution in [2.75, 3.05) is 0 Å². The van der Waals surface area contributed by atoms with Gasteiger partial charge in [-0.1, -0.05) is 29.3 Å². The largest absolute Gasteiger partial charge is 0.228 e. The number of benzene rings is 1. The maximum Gasteiger partial charge on any atom is 0.213 e. The average Bonchev–Trinajstić information content (AvgIpc) is 2.22. The van der Waals surface area contributed by atoms with E-state index in [2.05, 4.69) is 4.98 Å². The number of nitrogens with zero attached hydrogens (tertiary/aromatic N) is 1. The molecule has 15 heavy (non-hydrogen) atoms. The maximum absolute atomic E-state index is 12.9. The Morgan fingerprint density at radius 3 is 2.33 bits per heavy atom. The number of halogens is 3. The molecular formula is C11H6Cl2FN. The minimum atomic E-state index is -0.515. The lowest BCUT2D eigenvalue weighted by atomic mass is 10.1. The summed E-state index contributed by atoms with van der Waals surface area (Å²) in [6.07, 6.45) is 1.41. The Balaban J connectivity index is 2.50. The molecule has 0 atom stereocenters. The molecule has 0 bridgehead atoms. The Bertz CT molecular complexity index is 500. The minimum absolute atomic E-state index is 0.450. The molecule has 4 heteroatoms. The van der Waals surface area contributed by atoms with Crippen molar-refractivity contribution in [3.05, 3.63) is 52.5 Å². The zero-order chi connectivity index (χ0) is 10.8. The summed E-state index contributed by atoms with van der Waals surface area (Å²) in [5, 5.41) is 0.932. The average molecular weight is 242 g/mol. The van der Waals surface area contributed by atoms with Crippen LogP contribution in [-0.2, 0) is 0 Å². The van der Waals surface area contributed by atoms with Gasteiger partial charge in [-0.25, -0.2) is 4.98 Å². The summed E-state index contributed by atoms with van der Waals surface area (Å²) >= 11 is 11.6. The number of aromatic nitrogens is 1. The van der Waals surface area contributed by atoms with Crippen LogP contribution in [-0.4, -0.2) is 4.98 Å². The standard InChI is InChI=1S/C11H6Cl2FN/c12-9-2-1-7(5-10(9)13)8-3-4-15-11(14)6-8/h1-6H. The molecule has 0 aliphatic rings. The van der Waals surface area contributed by atoms with E-state index >= 15 is 0 Å². The first-order chi connectivity index (χ1) is 7.16. The SMILES string of the molecule is Fc1cc(-c2ccc(Cl)c(Cl)c2)ccn1. The Kier molecular flexibility index (Phi) is 2.89. The number of rotatable bonds is 1. The summed E-state index contributed by atoms with van der Waals surface area (Å²) in [4.78, 5) is 3.48. The van der Waals surface area contributed by atoms with Gasteiger partial charge in [0.1, 0.15) is 0 Å². The van der Waals surface area contributed by atoms with Crippen molar-refractivity contribution in [3.63, 3.8) is 0 Å². The molecule has 76 valence electrons. The van der Waals surface area contributed by atoms with E-state index in [4.69, 9.17) is 23.2 Å². The highest BCUT2D eigenvalue weighted by atomic mass is 35.5. The summed E-state index contributed by atoms with van der Waals surface area (Å²) < 4.78 is 12.9. The van der Waals surface area contributed by atoms with E-state index in [1.54, 1.807) is 24.3 Å². The second kappa shape index (κ2) is 4.17. The van der Waals surface area contributed by atoms with E-state index in [-0.39, 0.29) is 0 Å². The monoisotopic (exact) mass is 241 g/mol.